The van der Waals surface area contributed by atoms with Crippen molar-refractivity contribution in [2.45, 2.75) is 26.2 Å². The number of amides is 1. The molecule has 116 valence electrons. The molecule has 1 unspecified atom stereocenters. The van der Waals surface area contributed by atoms with E-state index in [0.717, 1.165) is 25.9 Å². The van der Waals surface area contributed by atoms with Crippen molar-refractivity contribution in [1.29, 1.82) is 0 Å². The minimum absolute atomic E-state index is 0.117. The van der Waals surface area contributed by atoms with Gasteiger partial charge in [0, 0.05) is 11.6 Å². The fourth-order valence-corrected chi connectivity index (χ4v) is 2.62. The Morgan fingerprint density at radius 1 is 1.52 bits per heavy atom. The second-order valence-corrected chi connectivity index (χ2v) is 5.85. The van der Waals surface area contributed by atoms with Gasteiger partial charge in [0.05, 0.1) is 12.2 Å². The Morgan fingerprint density at radius 3 is 3.10 bits per heavy atom. The summed E-state index contributed by atoms with van der Waals surface area (Å²) in [5.41, 5.74) is 0.514. The van der Waals surface area contributed by atoms with Gasteiger partial charge in [-0.3, -0.25) is 4.79 Å². The molecular weight excluding hydrogens is 288 g/mol. The van der Waals surface area contributed by atoms with Crippen molar-refractivity contribution in [3.8, 4) is 5.75 Å². The highest BCUT2D eigenvalue weighted by Crippen LogP contribution is 2.23. The Labute approximate surface area is 131 Å². The number of hydrogen-bond donors (Lipinski definition) is 2. The maximum absolute atomic E-state index is 12.4. The lowest BCUT2D eigenvalue weighted by atomic mass is 9.99. The molecule has 4 nitrogen and oxygen atoms in total. The number of halogens is 1. The lowest BCUT2D eigenvalue weighted by molar-refractivity contribution is 0.0940. The van der Waals surface area contributed by atoms with Crippen molar-refractivity contribution in [3.63, 3.8) is 0 Å². The zero-order chi connectivity index (χ0) is 15.1. The van der Waals surface area contributed by atoms with Gasteiger partial charge in [0.2, 0.25) is 0 Å². The first-order chi connectivity index (χ1) is 10.2. The number of carbonyl (C=O) groups excluding carboxylic acids is 1. The average molecular weight is 311 g/mol. The van der Waals surface area contributed by atoms with E-state index >= 15 is 0 Å². The average Bonchev–Trinajstić information content (AvgIpc) is 2.52. The van der Waals surface area contributed by atoms with Crippen LogP contribution in [-0.4, -0.2) is 32.1 Å². The van der Waals surface area contributed by atoms with E-state index in [1.165, 1.54) is 6.42 Å². The van der Waals surface area contributed by atoms with E-state index < -0.39 is 0 Å². The highest BCUT2D eigenvalue weighted by atomic mass is 35.5. The van der Waals surface area contributed by atoms with Crippen LogP contribution in [0.1, 0.15) is 36.5 Å². The van der Waals surface area contributed by atoms with Gasteiger partial charge in [-0.25, -0.2) is 0 Å². The molecule has 0 radical (unpaired) electrons. The van der Waals surface area contributed by atoms with Gasteiger partial charge in [-0.2, -0.15) is 0 Å². The van der Waals surface area contributed by atoms with Crippen LogP contribution in [0.4, 0.5) is 0 Å². The van der Waals surface area contributed by atoms with Crippen LogP contribution in [0.25, 0.3) is 0 Å². The molecule has 1 aliphatic heterocycles. The van der Waals surface area contributed by atoms with E-state index in [0.29, 0.717) is 35.4 Å². The van der Waals surface area contributed by atoms with Crippen LogP contribution >= 0.6 is 11.6 Å². The third-order valence-corrected chi connectivity index (χ3v) is 3.83. The van der Waals surface area contributed by atoms with Crippen LogP contribution in [0.3, 0.4) is 0 Å². The first-order valence-electron chi connectivity index (χ1n) is 7.62. The lowest BCUT2D eigenvalue weighted by Crippen LogP contribution is -2.38. The van der Waals surface area contributed by atoms with Gasteiger partial charge in [0.15, 0.2) is 0 Å². The standard InChI is InChI=1S/C16H23ClN2O2/c1-2-8-21-15-6-5-13(17)9-14(15)16(20)19-11-12-4-3-7-18-10-12/h5-6,9,12,18H,2-4,7-8,10-11H2,1H3,(H,19,20). The van der Waals surface area contributed by atoms with Gasteiger partial charge >= 0.3 is 0 Å². The summed E-state index contributed by atoms with van der Waals surface area (Å²) in [4.78, 5) is 12.4. The molecule has 1 saturated heterocycles. The van der Waals surface area contributed by atoms with Crippen LogP contribution in [0.2, 0.25) is 5.02 Å². The molecular formula is C16H23ClN2O2. The fourth-order valence-electron chi connectivity index (χ4n) is 2.45. The first-order valence-corrected chi connectivity index (χ1v) is 7.99. The Morgan fingerprint density at radius 2 is 2.38 bits per heavy atom. The van der Waals surface area contributed by atoms with Crippen LogP contribution in [-0.2, 0) is 0 Å². The molecule has 21 heavy (non-hydrogen) atoms. The highest BCUT2D eigenvalue weighted by molar-refractivity contribution is 6.31. The smallest absolute Gasteiger partial charge is 0.255 e. The topological polar surface area (TPSA) is 50.4 Å². The molecule has 0 bridgehead atoms. The summed E-state index contributed by atoms with van der Waals surface area (Å²) < 4.78 is 5.62. The Balaban J connectivity index is 1.97. The number of hydrogen-bond acceptors (Lipinski definition) is 3. The minimum atomic E-state index is -0.117. The van der Waals surface area contributed by atoms with E-state index in [9.17, 15) is 4.79 Å². The van der Waals surface area contributed by atoms with Crippen LogP contribution in [0.5, 0.6) is 5.75 Å². The summed E-state index contributed by atoms with van der Waals surface area (Å²) in [6.07, 6.45) is 3.22. The zero-order valence-electron chi connectivity index (χ0n) is 12.5. The number of ether oxygens (including phenoxy) is 1. The first kappa shape index (κ1) is 16.1. The van der Waals surface area contributed by atoms with Gasteiger partial charge in [-0.1, -0.05) is 18.5 Å². The van der Waals surface area contributed by atoms with E-state index in [-0.39, 0.29) is 5.91 Å². The van der Waals surface area contributed by atoms with Crippen molar-refractivity contribution in [3.05, 3.63) is 28.8 Å². The minimum Gasteiger partial charge on any atom is -0.493 e. The van der Waals surface area contributed by atoms with E-state index in [1.54, 1.807) is 18.2 Å². The predicted molar refractivity (Wildman–Crippen MR) is 85.2 cm³/mol. The molecule has 0 saturated carbocycles. The normalized spacial score (nSPS) is 18.3. The Kier molecular flexibility index (Phi) is 6.33. The van der Waals surface area contributed by atoms with Gasteiger partial charge in [-0.15, -0.1) is 0 Å². The quantitative estimate of drug-likeness (QED) is 0.849. The number of nitrogens with one attached hydrogen (secondary N) is 2. The lowest BCUT2D eigenvalue weighted by Gasteiger charge is -2.23. The predicted octanol–water partition coefficient (Wildman–Crippen LogP) is 2.86. The molecule has 0 aliphatic carbocycles. The summed E-state index contributed by atoms with van der Waals surface area (Å²) in [6, 6.07) is 5.17. The zero-order valence-corrected chi connectivity index (χ0v) is 13.2. The molecule has 1 fully saturated rings. The SMILES string of the molecule is CCCOc1ccc(Cl)cc1C(=O)NCC1CCCNC1. The van der Waals surface area contributed by atoms with Crippen molar-refractivity contribution in [1.82, 2.24) is 10.6 Å². The number of rotatable bonds is 6. The molecule has 0 aromatic heterocycles. The summed E-state index contributed by atoms with van der Waals surface area (Å²) in [6.45, 7) is 5.36. The molecule has 1 amide bonds. The molecule has 1 atom stereocenters. The molecule has 1 aliphatic rings. The largest absolute Gasteiger partial charge is 0.493 e. The van der Waals surface area contributed by atoms with Gasteiger partial charge in [0.1, 0.15) is 5.75 Å². The molecule has 1 heterocycles. The highest BCUT2D eigenvalue weighted by Gasteiger charge is 2.17. The summed E-state index contributed by atoms with van der Waals surface area (Å²) in [5.74, 6) is 0.983. The summed E-state index contributed by atoms with van der Waals surface area (Å²) >= 11 is 6.00. The molecule has 5 heteroatoms. The number of benzene rings is 1. The van der Waals surface area contributed by atoms with Gasteiger partial charge in [0.25, 0.3) is 5.91 Å². The fraction of sp³-hybridized carbons (Fsp3) is 0.562. The monoisotopic (exact) mass is 310 g/mol. The molecule has 2 N–H and O–H groups in total. The van der Waals surface area contributed by atoms with Gasteiger partial charge < -0.3 is 15.4 Å². The maximum Gasteiger partial charge on any atom is 0.255 e. The van der Waals surface area contributed by atoms with Crippen molar-refractivity contribution < 1.29 is 9.53 Å². The Bertz CT molecular complexity index is 473. The molecule has 1 aromatic carbocycles. The second kappa shape index (κ2) is 8.25. The summed E-state index contributed by atoms with van der Waals surface area (Å²) in [7, 11) is 0. The third-order valence-electron chi connectivity index (χ3n) is 3.60. The van der Waals surface area contributed by atoms with Crippen LogP contribution < -0.4 is 15.4 Å². The van der Waals surface area contributed by atoms with Crippen molar-refractivity contribution in [2.75, 3.05) is 26.2 Å². The molecule has 0 spiro atoms. The molecule has 1 aromatic rings. The second-order valence-electron chi connectivity index (χ2n) is 5.41. The van der Waals surface area contributed by atoms with Gasteiger partial charge in [-0.05, 0) is 56.5 Å². The number of carbonyl (C=O) groups is 1. The summed E-state index contributed by atoms with van der Waals surface area (Å²) in [5, 5.41) is 6.89. The Hall–Kier alpha value is -1.26. The van der Waals surface area contributed by atoms with Crippen molar-refractivity contribution >= 4 is 17.5 Å². The third kappa shape index (κ3) is 4.90. The molecule has 2 rings (SSSR count). The van der Waals surface area contributed by atoms with Crippen LogP contribution in [0, 0.1) is 5.92 Å². The van der Waals surface area contributed by atoms with E-state index in [4.69, 9.17) is 16.3 Å². The maximum atomic E-state index is 12.4. The van der Waals surface area contributed by atoms with Crippen molar-refractivity contribution in [2.24, 2.45) is 5.92 Å². The van der Waals surface area contributed by atoms with Crippen LogP contribution in [0.15, 0.2) is 18.2 Å². The van der Waals surface area contributed by atoms with E-state index in [2.05, 4.69) is 10.6 Å². The number of piperidine rings is 1. The van der Waals surface area contributed by atoms with E-state index in [1.807, 2.05) is 6.92 Å².